The monoisotopic (exact) mass is 358 g/mol. The highest BCUT2D eigenvalue weighted by Crippen LogP contribution is 2.42. The molecule has 7 heteroatoms. The Hall–Kier alpha value is -2.70. The van der Waals surface area contributed by atoms with Crippen molar-refractivity contribution >= 4 is 34.9 Å². The highest BCUT2D eigenvalue weighted by atomic mass is 35.5. The maximum absolute atomic E-state index is 12.7. The minimum Gasteiger partial charge on any atom is -0.375 e. The smallest absolute Gasteiger partial charge is 0.264 e. The molecular weight excluding hydrogens is 344 g/mol. The van der Waals surface area contributed by atoms with E-state index in [-0.39, 0.29) is 12.1 Å². The average molecular weight is 359 g/mol. The number of rotatable bonds is 5. The van der Waals surface area contributed by atoms with Gasteiger partial charge in [0.1, 0.15) is 6.54 Å². The first-order chi connectivity index (χ1) is 11.8. The second kappa shape index (κ2) is 6.31. The molecule has 0 aliphatic carbocycles. The number of carbonyl (C=O) groups is 3. The van der Waals surface area contributed by atoms with Gasteiger partial charge in [0.15, 0.2) is 11.4 Å². The molecule has 0 fully saturated rings. The molecule has 1 heterocycles. The zero-order chi connectivity index (χ0) is 18.2. The van der Waals surface area contributed by atoms with Crippen LogP contribution in [0.25, 0.3) is 0 Å². The van der Waals surface area contributed by atoms with E-state index in [9.17, 15) is 19.5 Å². The molecule has 0 saturated carbocycles. The van der Waals surface area contributed by atoms with Crippen LogP contribution in [0.3, 0.4) is 0 Å². The number of nitrogens with zero attached hydrogens (tertiary/aromatic N) is 1. The molecule has 0 aromatic heterocycles. The summed E-state index contributed by atoms with van der Waals surface area (Å²) in [6.45, 7) is -0.368. The Kier molecular flexibility index (Phi) is 4.32. The molecule has 3 N–H and O–H groups in total. The molecule has 3 rings (SSSR count). The zero-order valence-corrected chi connectivity index (χ0v) is 13.9. The highest BCUT2D eigenvalue weighted by molar-refractivity contribution is 6.30. The van der Waals surface area contributed by atoms with Crippen LogP contribution in [-0.4, -0.2) is 29.2 Å². The highest BCUT2D eigenvalue weighted by Gasteiger charge is 2.51. The van der Waals surface area contributed by atoms with E-state index in [2.05, 4.69) is 0 Å². The lowest BCUT2D eigenvalue weighted by Crippen LogP contribution is -2.44. The predicted octanol–water partition coefficient (Wildman–Crippen LogP) is 1.63. The van der Waals surface area contributed by atoms with Crippen LogP contribution >= 0.6 is 11.6 Å². The Bertz CT molecular complexity index is 866. The molecule has 0 bridgehead atoms. The molecule has 0 saturated heterocycles. The van der Waals surface area contributed by atoms with Crippen molar-refractivity contribution in [3.63, 3.8) is 0 Å². The Balaban J connectivity index is 1.96. The summed E-state index contributed by atoms with van der Waals surface area (Å²) in [6, 6.07) is 12.7. The molecule has 6 nitrogen and oxygen atoms in total. The number of hydrogen-bond acceptors (Lipinski definition) is 4. The SMILES string of the molecule is NC(=O)CN1C(=O)[C@](O)(CC(=O)c2ccc(Cl)cc2)c2ccccc21. The topological polar surface area (TPSA) is 101 Å². The summed E-state index contributed by atoms with van der Waals surface area (Å²) in [6.07, 6.45) is -0.445. The standard InChI is InChI=1S/C18H15ClN2O4/c19-12-7-5-11(6-8-12)15(22)9-18(25)13-3-1-2-4-14(13)21(17(18)24)10-16(20)23/h1-8,25H,9-10H2,(H2,20,23)/t18-/m0/s1. The summed E-state index contributed by atoms with van der Waals surface area (Å²) in [7, 11) is 0. The molecule has 1 aliphatic rings. The number of ketones is 1. The van der Waals surface area contributed by atoms with Crippen LogP contribution < -0.4 is 10.6 Å². The van der Waals surface area contributed by atoms with E-state index < -0.39 is 29.6 Å². The van der Waals surface area contributed by atoms with Gasteiger partial charge in [0.25, 0.3) is 5.91 Å². The van der Waals surface area contributed by atoms with Crippen LogP contribution in [0.2, 0.25) is 5.02 Å². The minimum atomic E-state index is -2.04. The molecule has 2 aromatic rings. The molecule has 1 aliphatic heterocycles. The number of para-hydroxylation sites is 1. The van der Waals surface area contributed by atoms with Gasteiger partial charge in [-0.25, -0.2) is 0 Å². The first-order valence-corrected chi connectivity index (χ1v) is 7.91. The van der Waals surface area contributed by atoms with Gasteiger partial charge in [0.2, 0.25) is 5.91 Å². The number of nitrogens with two attached hydrogens (primary N) is 1. The van der Waals surface area contributed by atoms with E-state index in [1.807, 2.05) is 0 Å². The van der Waals surface area contributed by atoms with E-state index in [1.165, 1.54) is 12.1 Å². The van der Waals surface area contributed by atoms with Crippen molar-refractivity contribution < 1.29 is 19.5 Å². The number of aliphatic hydroxyl groups is 1. The molecule has 0 unspecified atom stereocenters. The maximum Gasteiger partial charge on any atom is 0.264 e. The Labute approximate surface area is 148 Å². The largest absolute Gasteiger partial charge is 0.375 e. The van der Waals surface area contributed by atoms with Crippen LogP contribution in [0.4, 0.5) is 5.69 Å². The number of primary amides is 1. The van der Waals surface area contributed by atoms with Gasteiger partial charge in [0.05, 0.1) is 12.1 Å². The van der Waals surface area contributed by atoms with E-state index in [0.29, 0.717) is 16.3 Å². The lowest BCUT2D eigenvalue weighted by Gasteiger charge is -2.22. The zero-order valence-electron chi connectivity index (χ0n) is 13.1. The summed E-state index contributed by atoms with van der Waals surface area (Å²) in [5.74, 6) is -1.87. The second-order valence-corrected chi connectivity index (χ2v) is 6.28. The number of hydrogen-bond donors (Lipinski definition) is 2. The van der Waals surface area contributed by atoms with Gasteiger partial charge in [-0.15, -0.1) is 0 Å². The van der Waals surface area contributed by atoms with Crippen molar-refractivity contribution in [1.29, 1.82) is 0 Å². The summed E-state index contributed by atoms with van der Waals surface area (Å²) < 4.78 is 0. The molecule has 2 aromatic carbocycles. The van der Waals surface area contributed by atoms with Crippen molar-refractivity contribution in [3.05, 3.63) is 64.7 Å². The van der Waals surface area contributed by atoms with Crippen molar-refractivity contribution in [2.45, 2.75) is 12.0 Å². The number of benzene rings is 2. The van der Waals surface area contributed by atoms with Crippen LogP contribution in [0.15, 0.2) is 48.5 Å². The summed E-state index contributed by atoms with van der Waals surface area (Å²) in [4.78, 5) is 37.6. The fourth-order valence-corrected chi connectivity index (χ4v) is 3.09. The Morgan fingerprint density at radius 3 is 2.40 bits per heavy atom. The fraction of sp³-hybridized carbons (Fsp3) is 0.167. The third-order valence-electron chi connectivity index (χ3n) is 4.14. The van der Waals surface area contributed by atoms with E-state index >= 15 is 0 Å². The van der Waals surface area contributed by atoms with Gasteiger partial charge in [-0.05, 0) is 30.3 Å². The first kappa shape index (κ1) is 17.1. The summed E-state index contributed by atoms with van der Waals surface area (Å²) in [5, 5.41) is 11.5. The van der Waals surface area contributed by atoms with Crippen molar-refractivity contribution in [3.8, 4) is 0 Å². The van der Waals surface area contributed by atoms with E-state index in [0.717, 1.165) is 4.90 Å². The molecule has 2 amide bonds. The summed E-state index contributed by atoms with van der Waals surface area (Å²) in [5.41, 5.74) is 4.14. The number of anilines is 1. The third kappa shape index (κ3) is 3.01. The molecule has 1 atom stereocenters. The molecule has 0 spiro atoms. The van der Waals surface area contributed by atoms with Crippen LogP contribution in [0.1, 0.15) is 22.3 Å². The summed E-state index contributed by atoms with van der Waals surface area (Å²) >= 11 is 5.81. The lowest BCUT2D eigenvalue weighted by atomic mass is 9.88. The predicted molar refractivity (Wildman–Crippen MR) is 92.3 cm³/mol. The van der Waals surface area contributed by atoms with Crippen molar-refractivity contribution in [2.24, 2.45) is 5.73 Å². The van der Waals surface area contributed by atoms with Gasteiger partial charge in [-0.3, -0.25) is 19.3 Å². The van der Waals surface area contributed by atoms with Crippen molar-refractivity contribution in [1.82, 2.24) is 0 Å². The van der Waals surface area contributed by atoms with Gasteiger partial charge in [0, 0.05) is 16.1 Å². The Morgan fingerprint density at radius 2 is 1.76 bits per heavy atom. The fourth-order valence-electron chi connectivity index (χ4n) is 2.96. The molecular formula is C18H15ClN2O4. The molecule has 0 radical (unpaired) electrons. The molecule has 128 valence electrons. The average Bonchev–Trinajstić information content (AvgIpc) is 2.77. The minimum absolute atomic E-state index is 0.281. The van der Waals surface area contributed by atoms with Gasteiger partial charge < -0.3 is 10.8 Å². The number of carbonyl (C=O) groups excluding carboxylic acids is 3. The second-order valence-electron chi connectivity index (χ2n) is 5.84. The maximum atomic E-state index is 12.7. The first-order valence-electron chi connectivity index (χ1n) is 7.54. The van der Waals surface area contributed by atoms with Gasteiger partial charge in [-0.2, -0.15) is 0 Å². The Morgan fingerprint density at radius 1 is 1.12 bits per heavy atom. The number of fused-ring (bicyclic) bond motifs is 1. The van der Waals surface area contributed by atoms with Gasteiger partial charge >= 0.3 is 0 Å². The van der Waals surface area contributed by atoms with Gasteiger partial charge in [-0.1, -0.05) is 29.8 Å². The van der Waals surface area contributed by atoms with E-state index in [1.54, 1.807) is 36.4 Å². The van der Waals surface area contributed by atoms with Crippen LogP contribution in [-0.2, 0) is 15.2 Å². The van der Waals surface area contributed by atoms with E-state index in [4.69, 9.17) is 17.3 Å². The lowest BCUT2D eigenvalue weighted by molar-refractivity contribution is -0.136. The number of halogens is 1. The van der Waals surface area contributed by atoms with Crippen molar-refractivity contribution in [2.75, 3.05) is 11.4 Å². The number of Topliss-reactive ketones (excluding diaryl/α,β-unsaturated/α-hetero) is 1. The van der Waals surface area contributed by atoms with Crippen LogP contribution in [0, 0.1) is 0 Å². The quantitative estimate of drug-likeness (QED) is 0.793. The third-order valence-corrected chi connectivity index (χ3v) is 4.39. The molecule has 25 heavy (non-hydrogen) atoms. The number of amides is 2. The normalized spacial score (nSPS) is 19.0. The van der Waals surface area contributed by atoms with Crippen LogP contribution in [0.5, 0.6) is 0 Å².